The van der Waals surface area contributed by atoms with Crippen LogP contribution in [0.4, 0.5) is 4.39 Å². The summed E-state index contributed by atoms with van der Waals surface area (Å²) >= 11 is 0. The first-order valence-corrected chi connectivity index (χ1v) is 6.25. The van der Waals surface area contributed by atoms with Gasteiger partial charge < -0.3 is 10.3 Å². The van der Waals surface area contributed by atoms with Crippen LogP contribution in [0.15, 0.2) is 30.5 Å². The first-order chi connectivity index (χ1) is 8.72. The first kappa shape index (κ1) is 11.4. The summed E-state index contributed by atoms with van der Waals surface area (Å²) in [5.74, 6) is 0.808. The second kappa shape index (κ2) is 4.53. The second-order valence-electron chi connectivity index (χ2n) is 4.88. The molecule has 0 spiro atoms. The van der Waals surface area contributed by atoms with Gasteiger partial charge in [0.15, 0.2) is 0 Å². The van der Waals surface area contributed by atoms with Crippen LogP contribution in [0.5, 0.6) is 0 Å². The zero-order valence-corrected chi connectivity index (χ0v) is 10.1. The molecule has 1 aromatic heterocycles. The number of aromatic nitrogens is 2. The highest BCUT2D eigenvalue weighted by Crippen LogP contribution is 2.18. The van der Waals surface area contributed by atoms with Crippen molar-refractivity contribution in [3.63, 3.8) is 0 Å². The molecule has 2 heterocycles. The highest BCUT2D eigenvalue weighted by Gasteiger charge is 2.18. The first-order valence-electron chi connectivity index (χ1n) is 6.25. The fourth-order valence-electron chi connectivity index (χ4n) is 2.53. The van der Waals surface area contributed by atoms with E-state index in [0.29, 0.717) is 6.42 Å². The Hall–Kier alpha value is -1.68. The average Bonchev–Trinajstić information content (AvgIpc) is 2.72. The van der Waals surface area contributed by atoms with Crippen LogP contribution in [0.2, 0.25) is 0 Å². The molecule has 1 aliphatic rings. The number of nitrogens with zero attached hydrogens (tertiary/aromatic N) is 2. The Bertz CT molecular complexity index is 562. The van der Waals surface area contributed by atoms with E-state index in [1.165, 1.54) is 11.8 Å². The molecule has 0 aliphatic carbocycles. The van der Waals surface area contributed by atoms with Crippen molar-refractivity contribution in [1.82, 2.24) is 9.55 Å². The molecule has 0 radical (unpaired) electrons. The lowest BCUT2D eigenvalue weighted by Crippen LogP contribution is -2.31. The predicted molar refractivity (Wildman–Crippen MR) is 67.7 cm³/mol. The molecular weight excluding hydrogens is 229 g/mol. The third-order valence-corrected chi connectivity index (χ3v) is 3.47. The summed E-state index contributed by atoms with van der Waals surface area (Å²) in [7, 11) is 0. The number of fused-ring (bicyclic) bond motifs is 1. The summed E-state index contributed by atoms with van der Waals surface area (Å²) in [5, 5.41) is 0. The molecule has 18 heavy (non-hydrogen) atoms. The number of rotatable bonds is 2. The smallest absolute Gasteiger partial charge is 0.123 e. The lowest BCUT2D eigenvalue weighted by molar-refractivity contribution is 0.462. The maximum atomic E-state index is 13.1. The van der Waals surface area contributed by atoms with Crippen LogP contribution in [0.1, 0.15) is 23.5 Å². The second-order valence-corrected chi connectivity index (χ2v) is 4.88. The van der Waals surface area contributed by atoms with E-state index in [4.69, 9.17) is 5.73 Å². The Labute approximate surface area is 105 Å². The van der Waals surface area contributed by atoms with Gasteiger partial charge in [0.1, 0.15) is 11.6 Å². The zero-order valence-electron chi connectivity index (χ0n) is 10.1. The van der Waals surface area contributed by atoms with Gasteiger partial charge in [-0.2, -0.15) is 0 Å². The van der Waals surface area contributed by atoms with Crippen molar-refractivity contribution < 1.29 is 4.39 Å². The Morgan fingerprint density at radius 2 is 2.33 bits per heavy atom. The van der Waals surface area contributed by atoms with Crippen LogP contribution in [-0.4, -0.2) is 15.6 Å². The number of nitrogens with two attached hydrogens (primary N) is 1. The topological polar surface area (TPSA) is 43.8 Å². The third kappa shape index (κ3) is 2.16. The van der Waals surface area contributed by atoms with Crippen LogP contribution in [0.3, 0.4) is 0 Å². The van der Waals surface area contributed by atoms with Crippen molar-refractivity contribution in [2.24, 2.45) is 5.73 Å². The largest absolute Gasteiger partial charge is 0.332 e. The summed E-state index contributed by atoms with van der Waals surface area (Å²) in [5.41, 5.74) is 8.09. The molecule has 1 unspecified atom stereocenters. The van der Waals surface area contributed by atoms with E-state index in [2.05, 4.69) is 9.55 Å². The van der Waals surface area contributed by atoms with E-state index < -0.39 is 0 Å². The molecule has 2 aromatic rings. The Kier molecular flexibility index (Phi) is 2.88. The molecule has 2 N–H and O–H groups in total. The number of benzene rings is 1. The van der Waals surface area contributed by atoms with E-state index in [0.717, 1.165) is 30.8 Å². The summed E-state index contributed by atoms with van der Waals surface area (Å²) in [4.78, 5) is 4.44. The summed E-state index contributed by atoms with van der Waals surface area (Å²) in [6.07, 6.45) is 4.44. The zero-order chi connectivity index (χ0) is 12.5. The minimum absolute atomic E-state index is 0.194. The van der Waals surface area contributed by atoms with Gasteiger partial charge in [0.2, 0.25) is 0 Å². The lowest BCUT2D eigenvalue weighted by Gasteiger charge is -2.21. The van der Waals surface area contributed by atoms with Crippen LogP contribution in [-0.2, 0) is 19.4 Å². The monoisotopic (exact) mass is 245 g/mol. The van der Waals surface area contributed by atoms with Gasteiger partial charge in [-0.05, 0) is 24.1 Å². The van der Waals surface area contributed by atoms with Crippen molar-refractivity contribution in [2.45, 2.75) is 31.8 Å². The molecule has 1 aromatic carbocycles. The quantitative estimate of drug-likeness (QED) is 0.878. The van der Waals surface area contributed by atoms with Crippen molar-refractivity contribution in [1.29, 1.82) is 0 Å². The number of hydrogen-bond acceptors (Lipinski definition) is 2. The maximum absolute atomic E-state index is 13.1. The lowest BCUT2D eigenvalue weighted by atomic mass is 10.1. The minimum atomic E-state index is -0.194. The van der Waals surface area contributed by atoms with Crippen LogP contribution in [0.25, 0.3) is 0 Å². The third-order valence-electron chi connectivity index (χ3n) is 3.47. The summed E-state index contributed by atoms with van der Waals surface area (Å²) in [6.45, 7) is 0.918. The Morgan fingerprint density at radius 3 is 3.17 bits per heavy atom. The molecule has 94 valence electrons. The average molecular weight is 245 g/mol. The Morgan fingerprint density at radius 1 is 1.44 bits per heavy atom. The predicted octanol–water partition coefficient (Wildman–Crippen LogP) is 1.89. The van der Waals surface area contributed by atoms with Gasteiger partial charge in [0, 0.05) is 37.3 Å². The molecule has 0 fully saturated rings. The van der Waals surface area contributed by atoms with Gasteiger partial charge in [0.25, 0.3) is 0 Å². The molecule has 4 heteroatoms. The molecule has 0 saturated carbocycles. The van der Waals surface area contributed by atoms with Crippen LogP contribution < -0.4 is 5.73 Å². The minimum Gasteiger partial charge on any atom is -0.332 e. The van der Waals surface area contributed by atoms with Crippen molar-refractivity contribution >= 4 is 0 Å². The maximum Gasteiger partial charge on any atom is 0.123 e. The molecule has 1 aliphatic heterocycles. The van der Waals surface area contributed by atoms with Gasteiger partial charge in [-0.1, -0.05) is 12.1 Å². The van der Waals surface area contributed by atoms with Gasteiger partial charge in [0.05, 0.1) is 0 Å². The van der Waals surface area contributed by atoms with E-state index in [-0.39, 0.29) is 11.9 Å². The van der Waals surface area contributed by atoms with E-state index >= 15 is 0 Å². The van der Waals surface area contributed by atoms with Crippen molar-refractivity contribution in [2.75, 3.05) is 0 Å². The van der Waals surface area contributed by atoms with Crippen LogP contribution in [0, 0.1) is 5.82 Å². The molecule has 0 amide bonds. The van der Waals surface area contributed by atoms with E-state index in [1.54, 1.807) is 12.1 Å². The number of halogens is 1. The van der Waals surface area contributed by atoms with E-state index in [9.17, 15) is 4.39 Å². The van der Waals surface area contributed by atoms with Crippen LogP contribution >= 0.6 is 0 Å². The van der Waals surface area contributed by atoms with Gasteiger partial charge in [-0.15, -0.1) is 0 Å². The van der Waals surface area contributed by atoms with Crippen molar-refractivity contribution in [3.05, 3.63) is 53.4 Å². The Balaban J connectivity index is 1.86. The normalized spacial score (nSPS) is 18.7. The van der Waals surface area contributed by atoms with Gasteiger partial charge >= 0.3 is 0 Å². The highest BCUT2D eigenvalue weighted by atomic mass is 19.1. The SMILES string of the molecule is NC1CCn2c(cnc2Cc2cccc(F)c2)C1. The standard InChI is InChI=1S/C14H16FN3/c15-11-3-1-2-10(6-11)7-14-17-9-13-8-12(16)4-5-18(13)14/h1-3,6,9,12H,4-5,7-8,16H2. The van der Waals surface area contributed by atoms with Gasteiger partial charge in [-0.25, -0.2) is 9.37 Å². The molecule has 0 saturated heterocycles. The van der Waals surface area contributed by atoms with Crippen molar-refractivity contribution in [3.8, 4) is 0 Å². The fourth-order valence-corrected chi connectivity index (χ4v) is 2.53. The summed E-state index contributed by atoms with van der Waals surface area (Å²) in [6, 6.07) is 6.94. The molecule has 1 atom stereocenters. The van der Waals surface area contributed by atoms with Gasteiger partial charge in [-0.3, -0.25) is 0 Å². The number of hydrogen-bond donors (Lipinski definition) is 1. The molecule has 3 nitrogen and oxygen atoms in total. The fraction of sp³-hybridized carbons (Fsp3) is 0.357. The van der Waals surface area contributed by atoms with E-state index in [1.807, 2.05) is 12.3 Å². The molecule has 0 bridgehead atoms. The molecule has 3 rings (SSSR count). The molecular formula is C14H16FN3. The highest BCUT2D eigenvalue weighted by molar-refractivity contribution is 5.22. The number of imidazole rings is 1. The summed E-state index contributed by atoms with van der Waals surface area (Å²) < 4.78 is 15.4.